The summed E-state index contributed by atoms with van der Waals surface area (Å²) in [7, 11) is 1.92. The normalized spacial score (nSPS) is 13.0. The number of aromatic nitrogens is 1. The van der Waals surface area contributed by atoms with Gasteiger partial charge in [-0.2, -0.15) is 0 Å². The lowest BCUT2D eigenvalue weighted by atomic mass is 10.1. The molecule has 18 heavy (non-hydrogen) atoms. The first kappa shape index (κ1) is 11.4. The summed E-state index contributed by atoms with van der Waals surface area (Å²) in [5.41, 5.74) is 4.96. The molecule has 0 aliphatic carbocycles. The van der Waals surface area contributed by atoms with Crippen molar-refractivity contribution in [3.63, 3.8) is 0 Å². The van der Waals surface area contributed by atoms with Crippen LogP contribution in [0.2, 0.25) is 0 Å². The van der Waals surface area contributed by atoms with Gasteiger partial charge in [0, 0.05) is 10.8 Å². The summed E-state index contributed by atoms with van der Waals surface area (Å²) >= 11 is 1.60. The zero-order chi connectivity index (χ0) is 12.5. The highest BCUT2D eigenvalue weighted by molar-refractivity contribution is 7.07. The Bertz CT molecular complexity index is 658. The van der Waals surface area contributed by atoms with Crippen LogP contribution in [0, 0.1) is 6.92 Å². The molecule has 2 aromatic heterocycles. The second-order valence-corrected chi connectivity index (χ2v) is 5.00. The smallest absolute Gasteiger partial charge is 0.137 e. The zero-order valence-corrected chi connectivity index (χ0v) is 11.1. The van der Waals surface area contributed by atoms with Crippen molar-refractivity contribution in [1.82, 2.24) is 10.3 Å². The number of hydrogen-bond donors (Lipinski definition) is 1. The van der Waals surface area contributed by atoms with E-state index in [1.54, 1.807) is 11.3 Å². The van der Waals surface area contributed by atoms with Crippen LogP contribution in [0.5, 0.6) is 0 Å². The summed E-state index contributed by atoms with van der Waals surface area (Å²) in [6, 6.07) is 8.29. The van der Waals surface area contributed by atoms with Crippen molar-refractivity contribution in [1.29, 1.82) is 0 Å². The van der Waals surface area contributed by atoms with Gasteiger partial charge in [0.2, 0.25) is 0 Å². The minimum atomic E-state index is 0.0167. The molecule has 1 unspecified atom stereocenters. The molecule has 0 amide bonds. The number of thiazole rings is 1. The van der Waals surface area contributed by atoms with Crippen molar-refractivity contribution in [2.45, 2.75) is 13.0 Å². The summed E-state index contributed by atoms with van der Waals surface area (Å²) in [6.07, 6.45) is 0. The Morgan fingerprint density at radius 3 is 2.94 bits per heavy atom. The minimum Gasteiger partial charge on any atom is -0.459 e. The molecule has 4 heteroatoms. The van der Waals surface area contributed by atoms with E-state index in [9.17, 15) is 0 Å². The molecule has 92 valence electrons. The topological polar surface area (TPSA) is 38.1 Å². The van der Waals surface area contributed by atoms with E-state index in [2.05, 4.69) is 35.4 Å². The molecule has 0 aliphatic heterocycles. The van der Waals surface area contributed by atoms with Crippen molar-refractivity contribution < 1.29 is 4.42 Å². The summed E-state index contributed by atoms with van der Waals surface area (Å²) in [5.74, 6) is 0.910. The van der Waals surface area contributed by atoms with Gasteiger partial charge < -0.3 is 9.73 Å². The van der Waals surface area contributed by atoms with Crippen molar-refractivity contribution in [2.75, 3.05) is 7.05 Å². The quantitative estimate of drug-likeness (QED) is 0.781. The van der Waals surface area contributed by atoms with Gasteiger partial charge in [-0.05, 0) is 25.6 Å². The third kappa shape index (κ3) is 1.83. The number of hydrogen-bond acceptors (Lipinski definition) is 4. The number of benzene rings is 1. The van der Waals surface area contributed by atoms with Crippen LogP contribution in [-0.2, 0) is 0 Å². The third-order valence-electron chi connectivity index (χ3n) is 3.08. The van der Waals surface area contributed by atoms with Gasteiger partial charge in [-0.1, -0.05) is 18.2 Å². The molecule has 0 fully saturated rings. The molecule has 0 aliphatic rings. The van der Waals surface area contributed by atoms with Gasteiger partial charge in [0.1, 0.15) is 17.4 Å². The number of fused-ring (bicyclic) bond motifs is 1. The second-order valence-electron chi connectivity index (χ2n) is 4.28. The van der Waals surface area contributed by atoms with Gasteiger partial charge in [0.25, 0.3) is 0 Å². The van der Waals surface area contributed by atoms with Gasteiger partial charge in [0.15, 0.2) is 0 Å². The fourth-order valence-corrected chi connectivity index (χ4v) is 2.75. The van der Waals surface area contributed by atoms with Crippen LogP contribution >= 0.6 is 11.3 Å². The summed E-state index contributed by atoms with van der Waals surface area (Å²) in [4.78, 5) is 4.35. The summed E-state index contributed by atoms with van der Waals surface area (Å²) in [6.45, 7) is 2.06. The van der Waals surface area contributed by atoms with E-state index >= 15 is 0 Å². The third-order valence-corrected chi connectivity index (χ3v) is 3.69. The molecule has 1 N–H and O–H groups in total. The van der Waals surface area contributed by atoms with Crippen LogP contribution in [-0.4, -0.2) is 12.0 Å². The monoisotopic (exact) mass is 258 g/mol. The van der Waals surface area contributed by atoms with Crippen LogP contribution in [0.3, 0.4) is 0 Å². The van der Waals surface area contributed by atoms with Gasteiger partial charge in [-0.3, -0.25) is 0 Å². The lowest BCUT2D eigenvalue weighted by Crippen LogP contribution is -2.17. The lowest BCUT2D eigenvalue weighted by molar-refractivity contribution is 0.486. The molecule has 2 heterocycles. The minimum absolute atomic E-state index is 0.0167. The highest BCUT2D eigenvalue weighted by Gasteiger charge is 2.18. The Kier molecular flexibility index (Phi) is 2.89. The van der Waals surface area contributed by atoms with Crippen LogP contribution in [0.1, 0.15) is 23.1 Å². The fourth-order valence-electron chi connectivity index (χ4n) is 2.17. The Morgan fingerprint density at radius 2 is 2.28 bits per heavy atom. The molecule has 0 saturated carbocycles. The predicted molar refractivity (Wildman–Crippen MR) is 74.0 cm³/mol. The number of rotatable bonds is 3. The Balaban J connectivity index is 2.11. The average molecular weight is 258 g/mol. The van der Waals surface area contributed by atoms with Gasteiger partial charge in [0.05, 0.1) is 11.2 Å². The molecule has 3 aromatic rings. The largest absolute Gasteiger partial charge is 0.459 e. The molecule has 0 radical (unpaired) electrons. The van der Waals surface area contributed by atoms with E-state index in [0.717, 1.165) is 28.0 Å². The van der Waals surface area contributed by atoms with Gasteiger partial charge in [-0.15, -0.1) is 11.3 Å². The van der Waals surface area contributed by atoms with Crippen molar-refractivity contribution >= 4 is 22.3 Å². The molecule has 1 aromatic carbocycles. The summed E-state index contributed by atoms with van der Waals surface area (Å²) in [5, 5.41) is 6.43. The first-order chi connectivity index (χ1) is 8.79. The maximum atomic E-state index is 5.98. The van der Waals surface area contributed by atoms with E-state index in [4.69, 9.17) is 4.42 Å². The standard InChI is InChI=1S/C14H14N2OS/c1-9-4-3-5-10-6-12(17-14(9)10)13(15-2)11-7-18-8-16-11/h3-8,13,15H,1-2H3. The number of nitrogens with one attached hydrogen (secondary N) is 1. The van der Waals surface area contributed by atoms with Crippen molar-refractivity contribution in [2.24, 2.45) is 0 Å². The van der Waals surface area contributed by atoms with Gasteiger partial charge in [-0.25, -0.2) is 4.98 Å². The van der Waals surface area contributed by atoms with Crippen molar-refractivity contribution in [3.8, 4) is 0 Å². The second kappa shape index (κ2) is 4.55. The van der Waals surface area contributed by atoms with Gasteiger partial charge >= 0.3 is 0 Å². The number of furan rings is 1. The molecule has 3 rings (SSSR count). The lowest BCUT2D eigenvalue weighted by Gasteiger charge is -2.10. The average Bonchev–Trinajstić information content (AvgIpc) is 3.00. The number of para-hydroxylation sites is 1. The first-order valence-corrected chi connectivity index (χ1v) is 6.78. The van der Waals surface area contributed by atoms with E-state index in [1.807, 2.05) is 24.0 Å². The van der Waals surface area contributed by atoms with Crippen LogP contribution in [0.25, 0.3) is 11.0 Å². The highest BCUT2D eigenvalue weighted by atomic mass is 32.1. The highest BCUT2D eigenvalue weighted by Crippen LogP contribution is 2.29. The molecule has 0 spiro atoms. The maximum absolute atomic E-state index is 5.98. The molecule has 0 bridgehead atoms. The Morgan fingerprint density at radius 1 is 1.39 bits per heavy atom. The zero-order valence-electron chi connectivity index (χ0n) is 10.3. The SMILES string of the molecule is CNC(c1cscn1)c1cc2cccc(C)c2o1. The van der Waals surface area contributed by atoms with E-state index in [-0.39, 0.29) is 6.04 Å². The van der Waals surface area contributed by atoms with E-state index in [1.165, 1.54) is 0 Å². The van der Waals surface area contributed by atoms with E-state index in [0.29, 0.717) is 0 Å². The van der Waals surface area contributed by atoms with E-state index < -0.39 is 0 Å². The molecule has 3 nitrogen and oxygen atoms in total. The molecular weight excluding hydrogens is 244 g/mol. The molecular formula is C14H14N2OS. The van der Waals surface area contributed by atoms with Crippen LogP contribution in [0.4, 0.5) is 0 Å². The Labute approximate surface area is 109 Å². The number of aryl methyl sites for hydroxylation is 1. The maximum Gasteiger partial charge on any atom is 0.137 e. The Hall–Kier alpha value is -1.65. The van der Waals surface area contributed by atoms with Crippen LogP contribution < -0.4 is 5.32 Å². The number of nitrogens with zero attached hydrogens (tertiary/aromatic N) is 1. The molecule has 1 atom stereocenters. The van der Waals surface area contributed by atoms with Crippen molar-refractivity contribution in [3.05, 3.63) is 52.2 Å². The van der Waals surface area contributed by atoms with Crippen LogP contribution in [0.15, 0.2) is 39.6 Å². The fraction of sp³-hybridized carbons (Fsp3) is 0.214. The summed E-state index contributed by atoms with van der Waals surface area (Å²) < 4.78 is 5.98. The first-order valence-electron chi connectivity index (χ1n) is 5.84. The predicted octanol–water partition coefficient (Wildman–Crippen LogP) is 3.51. The molecule has 0 saturated heterocycles.